The second-order valence-electron chi connectivity index (χ2n) is 4.59. The summed E-state index contributed by atoms with van der Waals surface area (Å²) in [5, 5.41) is 11.5. The van der Waals surface area contributed by atoms with Crippen molar-refractivity contribution in [3.63, 3.8) is 0 Å². The first kappa shape index (κ1) is 17.0. The lowest BCUT2D eigenvalue weighted by atomic mass is 10.2. The maximum Gasteiger partial charge on any atom is 0.232 e. The van der Waals surface area contributed by atoms with Crippen LogP contribution in [0.3, 0.4) is 0 Å². The van der Waals surface area contributed by atoms with Gasteiger partial charge in [-0.15, -0.1) is 0 Å². The van der Waals surface area contributed by atoms with Crippen molar-refractivity contribution in [2.75, 3.05) is 23.7 Å². The monoisotopic (exact) mass is 309 g/mol. The van der Waals surface area contributed by atoms with Crippen LogP contribution in [0.1, 0.15) is 25.3 Å². The number of carbonyl (C=O) groups excluding carboxylic acids is 1. The van der Waals surface area contributed by atoms with E-state index in [1.165, 1.54) is 4.31 Å². The summed E-state index contributed by atoms with van der Waals surface area (Å²) in [6.07, 6.45) is 2.01. The molecule has 0 aromatic heterocycles. The highest BCUT2D eigenvalue weighted by Gasteiger charge is 2.18. The van der Waals surface area contributed by atoms with Gasteiger partial charge in [0.05, 0.1) is 23.6 Å². The Morgan fingerprint density at radius 3 is 2.43 bits per heavy atom. The molecule has 0 aliphatic carbocycles. The van der Waals surface area contributed by atoms with Gasteiger partial charge in [-0.3, -0.25) is 9.10 Å². The van der Waals surface area contributed by atoms with E-state index in [0.29, 0.717) is 17.8 Å². The zero-order valence-electron chi connectivity index (χ0n) is 12.2. The molecular weight excluding hydrogens is 290 g/mol. The van der Waals surface area contributed by atoms with Crippen LogP contribution in [0, 0.1) is 11.3 Å². The highest BCUT2D eigenvalue weighted by Crippen LogP contribution is 2.18. The molecule has 0 atom stereocenters. The Bertz CT molecular complexity index is 618. The van der Waals surface area contributed by atoms with E-state index in [-0.39, 0.29) is 18.9 Å². The molecule has 1 aromatic carbocycles. The lowest BCUT2D eigenvalue weighted by molar-refractivity contribution is -0.120. The summed E-state index contributed by atoms with van der Waals surface area (Å²) in [4.78, 5) is 11.6. The summed E-state index contributed by atoms with van der Waals surface area (Å²) in [5.41, 5.74) is 0.896. The molecule has 0 unspecified atom stereocenters. The third-order valence-corrected chi connectivity index (χ3v) is 3.99. The summed E-state index contributed by atoms with van der Waals surface area (Å²) in [6.45, 7) is 2.59. The molecule has 1 amide bonds. The number of amides is 1. The Balaban J connectivity index is 2.82. The van der Waals surface area contributed by atoms with Crippen LogP contribution >= 0.6 is 0 Å². The van der Waals surface area contributed by atoms with Crippen molar-refractivity contribution >= 4 is 21.6 Å². The highest BCUT2D eigenvalue weighted by atomic mass is 32.2. The minimum absolute atomic E-state index is 0.0697. The molecule has 0 saturated heterocycles. The Labute approximate surface area is 125 Å². The molecule has 1 rings (SSSR count). The lowest BCUT2D eigenvalue weighted by Gasteiger charge is -2.22. The molecule has 1 N–H and O–H groups in total. The van der Waals surface area contributed by atoms with Gasteiger partial charge in [0.1, 0.15) is 0 Å². The molecule has 0 fully saturated rings. The smallest absolute Gasteiger partial charge is 0.232 e. The topological polar surface area (TPSA) is 90.3 Å². The molecule has 6 nitrogen and oxygen atoms in total. The fraction of sp³-hybridized carbons (Fsp3) is 0.429. The fourth-order valence-corrected chi connectivity index (χ4v) is 2.67. The molecule has 0 radical (unpaired) electrons. The van der Waals surface area contributed by atoms with Crippen LogP contribution in [-0.4, -0.2) is 33.7 Å². The fourth-order valence-electron chi connectivity index (χ4n) is 1.74. The van der Waals surface area contributed by atoms with Gasteiger partial charge in [0.2, 0.25) is 15.9 Å². The normalized spacial score (nSPS) is 10.7. The molecule has 0 aliphatic rings. The van der Waals surface area contributed by atoms with Gasteiger partial charge < -0.3 is 5.32 Å². The minimum Gasteiger partial charge on any atom is -0.356 e. The van der Waals surface area contributed by atoms with E-state index in [2.05, 4.69) is 5.32 Å². The van der Waals surface area contributed by atoms with E-state index in [9.17, 15) is 13.2 Å². The number of sulfonamides is 1. The highest BCUT2D eigenvalue weighted by molar-refractivity contribution is 7.92. The molecule has 0 spiro atoms. The zero-order valence-corrected chi connectivity index (χ0v) is 13.0. The average molecular weight is 309 g/mol. The van der Waals surface area contributed by atoms with Crippen LogP contribution in [0.4, 0.5) is 5.69 Å². The molecule has 0 bridgehead atoms. The van der Waals surface area contributed by atoms with Gasteiger partial charge >= 0.3 is 0 Å². The quantitative estimate of drug-likeness (QED) is 0.820. The molecule has 7 heteroatoms. The van der Waals surface area contributed by atoms with Gasteiger partial charge in [-0.05, 0) is 30.7 Å². The number of benzene rings is 1. The number of carbonyl (C=O) groups is 1. The molecule has 114 valence electrons. The van der Waals surface area contributed by atoms with Gasteiger partial charge in [0.25, 0.3) is 0 Å². The molecule has 0 aliphatic heterocycles. The third-order valence-electron chi connectivity index (χ3n) is 2.80. The SMILES string of the molecule is CCCNC(=O)CCN(c1ccc(C#N)cc1)S(C)(=O)=O. The second kappa shape index (κ2) is 7.64. The van der Waals surface area contributed by atoms with E-state index >= 15 is 0 Å². The molecule has 1 aromatic rings. The lowest BCUT2D eigenvalue weighted by Crippen LogP contribution is -2.34. The summed E-state index contributed by atoms with van der Waals surface area (Å²) < 4.78 is 24.9. The van der Waals surface area contributed by atoms with Crippen molar-refractivity contribution in [3.05, 3.63) is 29.8 Å². The number of anilines is 1. The van der Waals surface area contributed by atoms with Crippen molar-refractivity contribution in [3.8, 4) is 6.07 Å². The average Bonchev–Trinajstić information content (AvgIpc) is 2.44. The summed E-state index contributed by atoms with van der Waals surface area (Å²) in [6, 6.07) is 8.18. The second-order valence-corrected chi connectivity index (χ2v) is 6.50. The minimum atomic E-state index is -3.48. The molecule has 0 saturated carbocycles. The first-order chi connectivity index (χ1) is 9.88. The standard InChI is InChI=1S/C14H19N3O3S/c1-3-9-16-14(18)8-10-17(21(2,19)20)13-6-4-12(11-15)5-7-13/h4-7H,3,8-10H2,1-2H3,(H,16,18). The number of nitrogens with one attached hydrogen (secondary N) is 1. The number of nitrogens with zero attached hydrogens (tertiary/aromatic N) is 2. The van der Waals surface area contributed by atoms with Crippen LogP contribution in [0.2, 0.25) is 0 Å². The van der Waals surface area contributed by atoms with Gasteiger partial charge in [-0.2, -0.15) is 5.26 Å². The van der Waals surface area contributed by atoms with Crippen molar-refractivity contribution < 1.29 is 13.2 Å². The first-order valence-corrected chi connectivity index (χ1v) is 8.48. The Kier molecular flexibility index (Phi) is 6.18. The molecule has 0 heterocycles. The van der Waals surface area contributed by atoms with E-state index in [1.54, 1.807) is 24.3 Å². The summed E-state index contributed by atoms with van der Waals surface area (Å²) >= 11 is 0. The van der Waals surface area contributed by atoms with Crippen molar-refractivity contribution in [2.45, 2.75) is 19.8 Å². The van der Waals surface area contributed by atoms with Crippen molar-refractivity contribution in [1.29, 1.82) is 5.26 Å². The van der Waals surface area contributed by atoms with Crippen LogP contribution in [0.15, 0.2) is 24.3 Å². The van der Waals surface area contributed by atoms with Crippen LogP contribution in [0.5, 0.6) is 0 Å². The zero-order chi connectivity index (χ0) is 15.9. The van der Waals surface area contributed by atoms with E-state index in [1.807, 2.05) is 13.0 Å². The molecular formula is C14H19N3O3S. The van der Waals surface area contributed by atoms with Gasteiger partial charge in [0, 0.05) is 19.5 Å². The van der Waals surface area contributed by atoms with E-state index in [4.69, 9.17) is 5.26 Å². The van der Waals surface area contributed by atoms with Crippen LogP contribution < -0.4 is 9.62 Å². The first-order valence-electron chi connectivity index (χ1n) is 6.63. The summed E-state index contributed by atoms with van der Waals surface area (Å²) in [5.74, 6) is -0.181. The predicted molar refractivity (Wildman–Crippen MR) is 81.3 cm³/mol. The van der Waals surface area contributed by atoms with Gasteiger partial charge in [-0.1, -0.05) is 6.92 Å². The Morgan fingerprint density at radius 2 is 1.95 bits per heavy atom. The van der Waals surface area contributed by atoms with Gasteiger partial charge in [-0.25, -0.2) is 8.42 Å². The van der Waals surface area contributed by atoms with Crippen LogP contribution in [-0.2, 0) is 14.8 Å². The summed E-state index contributed by atoms with van der Waals surface area (Å²) in [7, 11) is -3.48. The van der Waals surface area contributed by atoms with E-state index in [0.717, 1.165) is 12.7 Å². The Morgan fingerprint density at radius 1 is 1.33 bits per heavy atom. The number of hydrogen-bond donors (Lipinski definition) is 1. The third kappa shape index (κ3) is 5.44. The predicted octanol–water partition coefficient (Wildman–Crippen LogP) is 1.24. The Hall–Kier alpha value is -2.07. The largest absolute Gasteiger partial charge is 0.356 e. The number of rotatable bonds is 7. The maximum atomic E-state index is 11.8. The van der Waals surface area contributed by atoms with E-state index < -0.39 is 10.0 Å². The van der Waals surface area contributed by atoms with Crippen LogP contribution in [0.25, 0.3) is 0 Å². The maximum absolute atomic E-state index is 11.8. The van der Waals surface area contributed by atoms with Gasteiger partial charge in [0.15, 0.2) is 0 Å². The molecule has 21 heavy (non-hydrogen) atoms. The number of nitriles is 1. The van der Waals surface area contributed by atoms with Crippen molar-refractivity contribution in [2.24, 2.45) is 0 Å². The number of hydrogen-bond acceptors (Lipinski definition) is 4. The van der Waals surface area contributed by atoms with Crippen molar-refractivity contribution in [1.82, 2.24) is 5.32 Å².